The summed E-state index contributed by atoms with van der Waals surface area (Å²) < 4.78 is 0. The standard InChI is InChI=1S/C6H6.2FH.Ru/c1-2-4-6-5-3-1;;;/h1-6H;2*1H;/q;;;+2/p-2. The first-order valence-electron chi connectivity index (χ1n) is 2.00. The molecule has 0 fully saturated rings. The smallest absolute Gasteiger partial charge is 1.00 e. The molecule has 0 N–H and O–H groups in total. The first kappa shape index (κ1) is 15.9. The van der Waals surface area contributed by atoms with Crippen LogP contribution in [0.25, 0.3) is 0 Å². The molecule has 1 aromatic carbocycles. The van der Waals surface area contributed by atoms with E-state index in [9.17, 15) is 0 Å². The summed E-state index contributed by atoms with van der Waals surface area (Å²) in [7, 11) is 0. The number of halogens is 2. The van der Waals surface area contributed by atoms with Crippen LogP contribution in [0.15, 0.2) is 36.4 Å². The maximum absolute atomic E-state index is 2.00. The van der Waals surface area contributed by atoms with Crippen LogP contribution in [-0.4, -0.2) is 0 Å². The largest absolute Gasteiger partial charge is 2.00 e. The van der Waals surface area contributed by atoms with E-state index in [2.05, 4.69) is 0 Å². The van der Waals surface area contributed by atoms with Crippen molar-refractivity contribution in [1.29, 1.82) is 0 Å². The minimum absolute atomic E-state index is 0. The monoisotopic (exact) mass is 218 g/mol. The quantitative estimate of drug-likeness (QED) is 0.386. The average molecular weight is 217 g/mol. The SMILES string of the molecule is [F-].[F-].[Ru+2].c1ccccc1. The molecule has 0 atom stereocenters. The van der Waals surface area contributed by atoms with Crippen molar-refractivity contribution < 1.29 is 28.9 Å². The molecule has 0 heterocycles. The van der Waals surface area contributed by atoms with Gasteiger partial charge >= 0.3 is 19.5 Å². The van der Waals surface area contributed by atoms with Gasteiger partial charge in [0.25, 0.3) is 0 Å². The van der Waals surface area contributed by atoms with Crippen molar-refractivity contribution >= 4 is 0 Å². The number of rotatable bonds is 0. The van der Waals surface area contributed by atoms with Crippen LogP contribution in [0.2, 0.25) is 0 Å². The fourth-order valence-corrected chi connectivity index (χ4v) is 0.385. The van der Waals surface area contributed by atoms with Gasteiger partial charge in [-0.15, -0.1) is 0 Å². The minimum atomic E-state index is 0. The van der Waals surface area contributed by atoms with E-state index in [1.54, 1.807) is 0 Å². The molecule has 0 saturated carbocycles. The van der Waals surface area contributed by atoms with E-state index < -0.39 is 0 Å². The van der Waals surface area contributed by atoms with Gasteiger partial charge in [-0.1, -0.05) is 36.4 Å². The van der Waals surface area contributed by atoms with E-state index in [-0.39, 0.29) is 28.9 Å². The minimum Gasteiger partial charge on any atom is -1.00 e. The Morgan fingerprint density at radius 2 is 0.556 bits per heavy atom. The maximum atomic E-state index is 2.00. The summed E-state index contributed by atoms with van der Waals surface area (Å²) in [6, 6.07) is 12.0. The van der Waals surface area contributed by atoms with Gasteiger partial charge in [-0.2, -0.15) is 0 Å². The summed E-state index contributed by atoms with van der Waals surface area (Å²) >= 11 is 0. The summed E-state index contributed by atoms with van der Waals surface area (Å²) in [5.41, 5.74) is 0. The number of hydrogen-bond acceptors (Lipinski definition) is 0. The van der Waals surface area contributed by atoms with Crippen LogP contribution >= 0.6 is 0 Å². The molecule has 0 aliphatic heterocycles. The van der Waals surface area contributed by atoms with Crippen LogP contribution < -0.4 is 9.41 Å². The Bertz CT molecular complexity index is 83.0. The molecule has 3 heteroatoms. The molecule has 0 saturated heterocycles. The van der Waals surface area contributed by atoms with Gasteiger partial charge in [0.15, 0.2) is 0 Å². The van der Waals surface area contributed by atoms with Crippen molar-refractivity contribution in [3.8, 4) is 0 Å². The van der Waals surface area contributed by atoms with Gasteiger partial charge in [0.05, 0.1) is 0 Å². The van der Waals surface area contributed by atoms with Crippen molar-refractivity contribution in [1.82, 2.24) is 0 Å². The van der Waals surface area contributed by atoms with E-state index in [1.807, 2.05) is 36.4 Å². The third-order valence-corrected chi connectivity index (χ3v) is 0.667. The second-order valence-electron chi connectivity index (χ2n) is 1.15. The zero-order valence-electron chi connectivity index (χ0n) is 4.57. The second-order valence-corrected chi connectivity index (χ2v) is 1.15. The molecule has 0 spiro atoms. The molecule has 0 unspecified atom stereocenters. The van der Waals surface area contributed by atoms with Crippen molar-refractivity contribution in [3.63, 3.8) is 0 Å². The van der Waals surface area contributed by atoms with Gasteiger partial charge in [-0.3, -0.25) is 0 Å². The first-order valence-corrected chi connectivity index (χ1v) is 2.00. The Morgan fingerprint density at radius 1 is 0.444 bits per heavy atom. The summed E-state index contributed by atoms with van der Waals surface area (Å²) in [6.07, 6.45) is 0. The van der Waals surface area contributed by atoms with Gasteiger partial charge < -0.3 is 9.41 Å². The fraction of sp³-hybridized carbons (Fsp3) is 0. The van der Waals surface area contributed by atoms with Crippen LogP contribution in [-0.2, 0) is 19.5 Å². The molecule has 1 aromatic rings. The van der Waals surface area contributed by atoms with Gasteiger partial charge in [0.2, 0.25) is 0 Å². The number of hydrogen-bond donors (Lipinski definition) is 0. The van der Waals surface area contributed by atoms with E-state index in [1.165, 1.54) is 0 Å². The van der Waals surface area contributed by atoms with Crippen LogP contribution in [0.3, 0.4) is 0 Å². The predicted octanol–water partition coefficient (Wildman–Crippen LogP) is -4.31. The van der Waals surface area contributed by atoms with Crippen molar-refractivity contribution in [2.75, 3.05) is 0 Å². The second kappa shape index (κ2) is 10.6. The molecule has 1 rings (SSSR count). The fourth-order valence-electron chi connectivity index (χ4n) is 0.385. The topological polar surface area (TPSA) is 0 Å². The van der Waals surface area contributed by atoms with Crippen LogP contribution in [0.5, 0.6) is 0 Å². The summed E-state index contributed by atoms with van der Waals surface area (Å²) in [5, 5.41) is 0. The van der Waals surface area contributed by atoms with Gasteiger partial charge in [0, 0.05) is 0 Å². The molecule has 9 heavy (non-hydrogen) atoms. The van der Waals surface area contributed by atoms with E-state index >= 15 is 0 Å². The van der Waals surface area contributed by atoms with Gasteiger partial charge in [-0.05, 0) is 0 Å². The molecule has 0 aliphatic carbocycles. The molecule has 0 bridgehead atoms. The zero-order valence-corrected chi connectivity index (χ0v) is 6.31. The van der Waals surface area contributed by atoms with E-state index in [0.29, 0.717) is 0 Å². The first-order chi connectivity index (χ1) is 3.00. The molecule has 52 valence electrons. The Hall–Kier alpha value is -0.297. The Labute approximate surface area is 65.8 Å². The molecule has 0 aliphatic rings. The van der Waals surface area contributed by atoms with E-state index in [4.69, 9.17) is 0 Å². The van der Waals surface area contributed by atoms with Crippen molar-refractivity contribution in [2.24, 2.45) is 0 Å². The molecule has 0 radical (unpaired) electrons. The van der Waals surface area contributed by atoms with Crippen LogP contribution in [0, 0.1) is 0 Å². The van der Waals surface area contributed by atoms with Gasteiger partial charge in [-0.25, -0.2) is 0 Å². The van der Waals surface area contributed by atoms with E-state index in [0.717, 1.165) is 0 Å². The molecular weight excluding hydrogens is 211 g/mol. The molecular formula is C6H6F2Ru. The zero-order chi connectivity index (χ0) is 4.24. The van der Waals surface area contributed by atoms with Gasteiger partial charge in [0.1, 0.15) is 0 Å². The number of benzene rings is 1. The van der Waals surface area contributed by atoms with Crippen molar-refractivity contribution in [3.05, 3.63) is 36.4 Å². The summed E-state index contributed by atoms with van der Waals surface area (Å²) in [6.45, 7) is 0. The third-order valence-electron chi connectivity index (χ3n) is 0.667. The molecule has 0 aromatic heterocycles. The maximum Gasteiger partial charge on any atom is 2.00 e. The molecule has 0 amide bonds. The normalized spacial score (nSPS) is 5.33. The van der Waals surface area contributed by atoms with Crippen molar-refractivity contribution in [2.45, 2.75) is 0 Å². The predicted molar refractivity (Wildman–Crippen MR) is 26.4 cm³/mol. The Kier molecular flexibility index (Phi) is 18.8. The summed E-state index contributed by atoms with van der Waals surface area (Å²) in [4.78, 5) is 0. The molecule has 0 nitrogen and oxygen atoms in total. The average Bonchev–Trinajstić information content (AvgIpc) is 1.72. The Morgan fingerprint density at radius 3 is 0.667 bits per heavy atom. The Balaban J connectivity index is -0.000000120. The summed E-state index contributed by atoms with van der Waals surface area (Å²) in [5.74, 6) is 0. The third kappa shape index (κ3) is 7.70. The van der Waals surface area contributed by atoms with Crippen LogP contribution in [0.1, 0.15) is 0 Å². The van der Waals surface area contributed by atoms with Crippen LogP contribution in [0.4, 0.5) is 0 Å².